The van der Waals surface area contributed by atoms with Crippen molar-refractivity contribution in [2.75, 3.05) is 46.6 Å². The van der Waals surface area contributed by atoms with Gasteiger partial charge < -0.3 is 24.4 Å². The quantitative estimate of drug-likeness (QED) is 0.395. The van der Waals surface area contributed by atoms with Gasteiger partial charge in [0.25, 0.3) is 5.92 Å². The molecule has 2 heterocycles. The number of hydrogen-bond acceptors (Lipinski definition) is 6. The van der Waals surface area contributed by atoms with E-state index in [0.717, 1.165) is 36.9 Å². The van der Waals surface area contributed by atoms with Crippen LogP contribution in [0.5, 0.6) is 0 Å². The van der Waals surface area contributed by atoms with Crippen LogP contribution in [0.4, 0.5) is 13.6 Å². The lowest BCUT2D eigenvalue weighted by Crippen LogP contribution is -2.38. The van der Waals surface area contributed by atoms with Crippen molar-refractivity contribution in [2.24, 2.45) is 5.41 Å². The van der Waals surface area contributed by atoms with Crippen molar-refractivity contribution < 1.29 is 27.8 Å². The minimum atomic E-state index is -2.75. The maximum absolute atomic E-state index is 14.3. The SMILES string of the molecule is CCOCC1(COCC)CCC(c2c(CNCCN(C)C(=O)OC(C)(C)C)nn3c2CC(F)(F)C3)CC1. The molecule has 0 bridgehead atoms. The van der Waals surface area contributed by atoms with Gasteiger partial charge in [0.1, 0.15) is 12.1 Å². The fourth-order valence-corrected chi connectivity index (χ4v) is 5.38. The van der Waals surface area contributed by atoms with Crippen LogP contribution in [0.2, 0.25) is 0 Å². The first-order valence-corrected chi connectivity index (χ1v) is 13.7. The third-order valence-electron chi connectivity index (χ3n) is 7.28. The third-order valence-corrected chi connectivity index (χ3v) is 7.28. The van der Waals surface area contributed by atoms with E-state index < -0.39 is 11.5 Å². The van der Waals surface area contributed by atoms with Gasteiger partial charge in [-0.3, -0.25) is 4.68 Å². The number of halogens is 2. The molecule has 1 N–H and O–H groups in total. The summed E-state index contributed by atoms with van der Waals surface area (Å²) in [7, 11) is 1.70. The van der Waals surface area contributed by atoms with Crippen LogP contribution < -0.4 is 5.32 Å². The van der Waals surface area contributed by atoms with Gasteiger partial charge in [-0.1, -0.05) is 0 Å². The molecule has 37 heavy (non-hydrogen) atoms. The number of carbonyl (C=O) groups excluding carboxylic acids is 1. The number of amides is 1. The number of carbonyl (C=O) groups is 1. The topological polar surface area (TPSA) is 77.8 Å². The van der Waals surface area contributed by atoms with Gasteiger partial charge in [-0.05, 0) is 66.2 Å². The molecular weight excluding hydrogens is 482 g/mol. The molecule has 10 heteroatoms. The number of nitrogens with one attached hydrogen (secondary N) is 1. The van der Waals surface area contributed by atoms with Crippen LogP contribution in [-0.4, -0.2) is 78.9 Å². The van der Waals surface area contributed by atoms with Crippen LogP contribution in [0.25, 0.3) is 0 Å². The molecule has 1 aliphatic carbocycles. The largest absolute Gasteiger partial charge is 0.444 e. The lowest BCUT2D eigenvalue weighted by Gasteiger charge is -2.40. The van der Waals surface area contributed by atoms with Gasteiger partial charge in [-0.15, -0.1) is 0 Å². The predicted octanol–water partition coefficient (Wildman–Crippen LogP) is 4.75. The molecule has 0 radical (unpaired) electrons. The maximum atomic E-state index is 14.3. The Morgan fingerprint density at radius 1 is 1.16 bits per heavy atom. The van der Waals surface area contributed by atoms with E-state index >= 15 is 0 Å². The summed E-state index contributed by atoms with van der Waals surface area (Å²) in [5, 5.41) is 7.98. The number of nitrogens with zero attached hydrogens (tertiary/aromatic N) is 3. The second-order valence-corrected chi connectivity index (χ2v) is 11.6. The molecule has 1 aromatic heterocycles. The highest BCUT2D eigenvalue weighted by Gasteiger charge is 2.44. The fourth-order valence-electron chi connectivity index (χ4n) is 5.38. The molecule has 3 rings (SSSR count). The summed E-state index contributed by atoms with van der Waals surface area (Å²) in [4.78, 5) is 13.7. The zero-order valence-corrected chi connectivity index (χ0v) is 23.5. The lowest BCUT2D eigenvalue weighted by molar-refractivity contribution is -0.0396. The number of likely N-dealkylation sites (N-methyl/N-ethyl adjacent to an activating group) is 1. The number of aromatic nitrogens is 2. The summed E-state index contributed by atoms with van der Waals surface area (Å²) in [5.74, 6) is -2.56. The van der Waals surface area contributed by atoms with Crippen LogP contribution in [0.15, 0.2) is 0 Å². The van der Waals surface area contributed by atoms with Crippen molar-refractivity contribution >= 4 is 6.09 Å². The molecule has 1 aromatic rings. The Morgan fingerprint density at radius 3 is 2.35 bits per heavy atom. The Kier molecular flexibility index (Phi) is 9.97. The van der Waals surface area contributed by atoms with Gasteiger partial charge in [0, 0.05) is 56.6 Å². The Labute approximate surface area is 220 Å². The zero-order chi connectivity index (χ0) is 27.3. The van der Waals surface area contributed by atoms with E-state index in [4.69, 9.17) is 14.2 Å². The Morgan fingerprint density at radius 2 is 1.78 bits per heavy atom. The summed E-state index contributed by atoms with van der Waals surface area (Å²) in [6, 6.07) is 0. The summed E-state index contributed by atoms with van der Waals surface area (Å²) in [6.07, 6.45) is 3.05. The van der Waals surface area contributed by atoms with Crippen LogP contribution in [0, 0.1) is 5.41 Å². The molecule has 2 aliphatic rings. The first kappa shape index (κ1) is 29.8. The predicted molar refractivity (Wildman–Crippen MR) is 138 cm³/mol. The standard InChI is InChI=1S/C27H46F2N4O4/c1-7-35-18-26(19-36-8-2)11-9-20(10-12-26)23-21(31-33-17-27(28,29)15-22(23)33)16-30-13-14-32(6)24(34)37-25(3,4)5/h20,30H,7-19H2,1-6H3. The summed E-state index contributed by atoms with van der Waals surface area (Å²) in [5.41, 5.74) is 1.95. The molecule has 0 spiro atoms. The van der Waals surface area contributed by atoms with Gasteiger partial charge in [-0.2, -0.15) is 5.10 Å². The molecule has 212 valence electrons. The summed E-state index contributed by atoms with van der Waals surface area (Å²) < 4.78 is 47.1. The van der Waals surface area contributed by atoms with Crippen molar-refractivity contribution in [1.29, 1.82) is 0 Å². The lowest BCUT2D eigenvalue weighted by atomic mass is 9.69. The first-order chi connectivity index (χ1) is 17.4. The third kappa shape index (κ3) is 8.10. The van der Waals surface area contributed by atoms with Gasteiger partial charge in [0.15, 0.2) is 0 Å². The van der Waals surface area contributed by atoms with Gasteiger partial charge >= 0.3 is 6.09 Å². The number of hydrogen-bond donors (Lipinski definition) is 1. The summed E-state index contributed by atoms with van der Waals surface area (Å²) in [6.45, 7) is 13.3. The smallest absolute Gasteiger partial charge is 0.410 e. The molecule has 0 saturated heterocycles. The molecule has 1 saturated carbocycles. The molecule has 0 unspecified atom stereocenters. The first-order valence-electron chi connectivity index (χ1n) is 13.7. The van der Waals surface area contributed by atoms with Gasteiger partial charge in [0.05, 0.1) is 25.3 Å². The second-order valence-electron chi connectivity index (χ2n) is 11.6. The highest BCUT2D eigenvalue weighted by atomic mass is 19.3. The van der Waals surface area contributed by atoms with E-state index in [-0.39, 0.29) is 30.4 Å². The highest BCUT2D eigenvalue weighted by Crippen LogP contribution is 2.47. The number of alkyl halides is 2. The van der Waals surface area contributed by atoms with E-state index in [1.54, 1.807) is 7.05 Å². The average Bonchev–Trinajstić information content (AvgIpc) is 3.29. The number of rotatable bonds is 12. The highest BCUT2D eigenvalue weighted by molar-refractivity contribution is 5.67. The molecular formula is C27H46F2N4O4. The van der Waals surface area contributed by atoms with E-state index in [1.807, 2.05) is 34.6 Å². The van der Waals surface area contributed by atoms with Crippen molar-refractivity contribution in [3.63, 3.8) is 0 Å². The van der Waals surface area contributed by atoms with Crippen LogP contribution in [0.1, 0.15) is 83.2 Å². The molecule has 1 aliphatic heterocycles. The Hall–Kier alpha value is -1.78. The van der Waals surface area contributed by atoms with Crippen molar-refractivity contribution in [3.8, 4) is 0 Å². The van der Waals surface area contributed by atoms with Crippen molar-refractivity contribution in [2.45, 2.75) is 97.3 Å². The minimum absolute atomic E-state index is 0.0204. The number of ether oxygens (including phenoxy) is 3. The van der Waals surface area contributed by atoms with E-state index in [9.17, 15) is 13.6 Å². The van der Waals surface area contributed by atoms with E-state index in [1.165, 1.54) is 9.58 Å². The maximum Gasteiger partial charge on any atom is 0.410 e. The monoisotopic (exact) mass is 528 g/mol. The zero-order valence-electron chi connectivity index (χ0n) is 23.5. The second kappa shape index (κ2) is 12.4. The van der Waals surface area contributed by atoms with Crippen molar-refractivity contribution in [3.05, 3.63) is 17.0 Å². The van der Waals surface area contributed by atoms with Gasteiger partial charge in [-0.25, -0.2) is 13.6 Å². The average molecular weight is 529 g/mol. The number of fused-ring (bicyclic) bond motifs is 1. The van der Waals surface area contributed by atoms with Crippen LogP contribution in [-0.2, 0) is 33.7 Å². The summed E-state index contributed by atoms with van der Waals surface area (Å²) >= 11 is 0. The molecule has 0 atom stereocenters. The van der Waals surface area contributed by atoms with E-state index in [2.05, 4.69) is 10.4 Å². The Bertz CT molecular complexity index is 882. The molecule has 0 aromatic carbocycles. The van der Waals surface area contributed by atoms with Crippen molar-refractivity contribution in [1.82, 2.24) is 20.0 Å². The normalized spacial score (nSPS) is 19.1. The molecule has 1 fully saturated rings. The minimum Gasteiger partial charge on any atom is -0.444 e. The molecule has 8 nitrogen and oxygen atoms in total. The Balaban J connectivity index is 1.65. The van der Waals surface area contributed by atoms with Crippen LogP contribution >= 0.6 is 0 Å². The molecule has 1 amide bonds. The van der Waals surface area contributed by atoms with E-state index in [0.29, 0.717) is 51.8 Å². The van der Waals surface area contributed by atoms with Crippen LogP contribution in [0.3, 0.4) is 0 Å². The van der Waals surface area contributed by atoms with Gasteiger partial charge in [0.2, 0.25) is 0 Å². The fraction of sp³-hybridized carbons (Fsp3) is 0.852.